The molecule has 3 heterocycles. The summed E-state index contributed by atoms with van der Waals surface area (Å²) in [5.41, 5.74) is 1.27. The number of hydrogen-bond donors (Lipinski definition) is 1. The first kappa shape index (κ1) is 17.7. The fourth-order valence-electron chi connectivity index (χ4n) is 3.61. The van der Waals surface area contributed by atoms with E-state index in [4.69, 9.17) is 4.43 Å². The number of anilines is 1. The van der Waals surface area contributed by atoms with Gasteiger partial charge in [0.25, 0.3) is 5.91 Å². The minimum atomic E-state index is -1.64. The van der Waals surface area contributed by atoms with E-state index in [1.165, 1.54) is 11.8 Å². The molecular weight excluding hydrogens is 340 g/mol. The molecule has 1 amide bonds. The van der Waals surface area contributed by atoms with Crippen molar-refractivity contribution in [3.8, 4) is 0 Å². The van der Waals surface area contributed by atoms with Gasteiger partial charge in [0.05, 0.1) is 12.2 Å². The summed E-state index contributed by atoms with van der Waals surface area (Å²) in [5, 5.41) is 3.59. The first-order valence-electron chi connectivity index (χ1n) is 8.39. The van der Waals surface area contributed by atoms with Crippen LogP contribution in [0.25, 0.3) is 0 Å². The number of carbonyl (C=O) groups excluding carboxylic acids is 1. The molecule has 0 bridgehead atoms. The van der Waals surface area contributed by atoms with E-state index in [2.05, 4.69) is 46.7 Å². The molecule has 1 aromatic rings. The van der Waals surface area contributed by atoms with Gasteiger partial charge in [-0.25, -0.2) is 9.97 Å². The Hall–Kier alpha value is -1.12. The highest BCUT2D eigenvalue weighted by molar-refractivity contribution is 7.98. The molecule has 3 rings (SSSR count). The quantitative estimate of drug-likeness (QED) is 0.502. The van der Waals surface area contributed by atoms with Crippen LogP contribution in [0.4, 0.5) is 5.82 Å². The van der Waals surface area contributed by atoms with Crippen LogP contribution in [0.15, 0.2) is 5.16 Å². The van der Waals surface area contributed by atoms with E-state index >= 15 is 0 Å². The lowest BCUT2D eigenvalue weighted by Gasteiger charge is -2.49. The third kappa shape index (κ3) is 3.60. The summed E-state index contributed by atoms with van der Waals surface area (Å²) in [7, 11) is -1.64. The lowest BCUT2D eigenvalue weighted by molar-refractivity contribution is 0.0636. The number of hydrogen-bond acceptors (Lipinski definition) is 6. The van der Waals surface area contributed by atoms with Crippen molar-refractivity contribution in [2.24, 2.45) is 0 Å². The zero-order chi connectivity index (χ0) is 17.5. The van der Waals surface area contributed by atoms with Gasteiger partial charge < -0.3 is 14.6 Å². The fraction of sp³-hybridized carbons (Fsp3) is 0.688. The van der Waals surface area contributed by atoms with Crippen LogP contribution in [0, 0.1) is 0 Å². The summed E-state index contributed by atoms with van der Waals surface area (Å²) in [6.07, 6.45) is 4.04. The molecule has 24 heavy (non-hydrogen) atoms. The van der Waals surface area contributed by atoms with Gasteiger partial charge in [-0.05, 0) is 34.3 Å². The molecule has 2 aliphatic heterocycles. The van der Waals surface area contributed by atoms with Crippen molar-refractivity contribution in [1.29, 1.82) is 0 Å². The van der Waals surface area contributed by atoms with Crippen molar-refractivity contribution >= 4 is 31.8 Å². The first-order valence-corrected chi connectivity index (χ1v) is 13.0. The second kappa shape index (κ2) is 6.31. The van der Waals surface area contributed by atoms with E-state index < -0.39 is 8.32 Å². The molecule has 1 unspecified atom stereocenters. The van der Waals surface area contributed by atoms with Gasteiger partial charge in [-0.15, -0.1) is 19.6 Å². The maximum atomic E-state index is 12.3. The Morgan fingerprint density at radius 2 is 2.08 bits per heavy atom. The highest BCUT2D eigenvalue weighted by atomic mass is 32.2. The van der Waals surface area contributed by atoms with Crippen molar-refractivity contribution < 1.29 is 9.22 Å². The van der Waals surface area contributed by atoms with Crippen molar-refractivity contribution in [2.75, 3.05) is 24.2 Å². The monoisotopic (exact) mass is 366 g/mol. The molecule has 2 aliphatic rings. The van der Waals surface area contributed by atoms with Crippen molar-refractivity contribution in [2.45, 2.75) is 56.7 Å². The zero-order valence-electron chi connectivity index (χ0n) is 15.1. The average Bonchev–Trinajstić information content (AvgIpc) is 2.85. The van der Waals surface area contributed by atoms with Crippen LogP contribution < -0.4 is 10.2 Å². The van der Waals surface area contributed by atoms with Gasteiger partial charge in [-0.1, -0.05) is 11.8 Å². The fourth-order valence-corrected chi connectivity index (χ4v) is 5.64. The predicted molar refractivity (Wildman–Crippen MR) is 99.3 cm³/mol. The molecule has 1 atom stereocenters. The largest absolute Gasteiger partial charge is 0.559 e. The minimum absolute atomic E-state index is 0.0638. The highest BCUT2D eigenvalue weighted by Crippen LogP contribution is 2.34. The number of piperidine rings is 1. The Balaban J connectivity index is 1.94. The Kier molecular flexibility index (Phi) is 4.65. The molecule has 0 aliphatic carbocycles. The molecule has 0 saturated carbocycles. The maximum Gasteiger partial charge on any atom is 0.257 e. The first-order chi connectivity index (χ1) is 11.2. The lowest BCUT2D eigenvalue weighted by Crippen LogP contribution is -2.52. The summed E-state index contributed by atoms with van der Waals surface area (Å²) in [4.78, 5) is 23.6. The van der Waals surface area contributed by atoms with Crippen LogP contribution in [-0.4, -0.2) is 49.1 Å². The number of fused-ring (bicyclic) bond motifs is 1. The smallest absolute Gasteiger partial charge is 0.257 e. The number of rotatable bonds is 4. The third-order valence-electron chi connectivity index (χ3n) is 4.28. The number of aromatic nitrogens is 2. The van der Waals surface area contributed by atoms with Crippen molar-refractivity contribution in [1.82, 2.24) is 15.3 Å². The van der Waals surface area contributed by atoms with Crippen LogP contribution in [0.3, 0.4) is 0 Å². The molecule has 8 heteroatoms. The molecular formula is C16H26N4O2SSi-. The van der Waals surface area contributed by atoms with Gasteiger partial charge >= 0.3 is 0 Å². The van der Waals surface area contributed by atoms with Gasteiger partial charge in [0.2, 0.25) is 0 Å². The van der Waals surface area contributed by atoms with E-state index in [9.17, 15) is 4.79 Å². The van der Waals surface area contributed by atoms with E-state index in [-0.39, 0.29) is 11.5 Å². The Morgan fingerprint density at radius 1 is 1.33 bits per heavy atom. The molecule has 0 spiro atoms. The van der Waals surface area contributed by atoms with E-state index in [0.717, 1.165) is 42.6 Å². The molecule has 1 saturated heterocycles. The van der Waals surface area contributed by atoms with Gasteiger partial charge in [0.15, 0.2) is 5.16 Å². The molecule has 1 aromatic heterocycles. The third-order valence-corrected chi connectivity index (χ3v) is 5.93. The number of carbonyl (C=O) groups is 1. The summed E-state index contributed by atoms with van der Waals surface area (Å²) < 4.78 is 6.47. The number of thioether (sulfide) groups is 1. The standard InChI is InChI=1S/C16H26N4O2SSi/c1-16(22-24(3,4)5)7-6-8-20(10-16)13-12-11(9-17-14(12)21)18-15(19-13)23-2/h6-10H2,1-5H3,(H,17,21)/q-1. The number of nitrogens with one attached hydrogen (secondary N) is 1. The predicted octanol–water partition coefficient (Wildman–Crippen LogP) is 2.65. The Morgan fingerprint density at radius 3 is 2.75 bits per heavy atom. The molecule has 0 radical (unpaired) electrons. The molecule has 1 fully saturated rings. The van der Waals surface area contributed by atoms with E-state index in [1.807, 2.05) is 6.26 Å². The summed E-state index contributed by atoms with van der Waals surface area (Å²) in [6.45, 7) is 11.0. The van der Waals surface area contributed by atoms with Crippen LogP contribution in [0.1, 0.15) is 35.8 Å². The topological polar surface area (TPSA) is 67.3 Å². The zero-order valence-corrected chi connectivity index (χ0v) is 16.9. The van der Waals surface area contributed by atoms with Crippen LogP contribution >= 0.6 is 11.8 Å². The molecule has 1 N–H and O–H groups in total. The highest BCUT2D eigenvalue weighted by Gasteiger charge is 2.36. The second-order valence-electron chi connectivity index (χ2n) is 7.73. The van der Waals surface area contributed by atoms with Crippen molar-refractivity contribution in [3.63, 3.8) is 0 Å². The number of nitrogens with zero attached hydrogens (tertiary/aromatic N) is 3. The summed E-state index contributed by atoms with van der Waals surface area (Å²) in [6, 6.07) is 0. The maximum absolute atomic E-state index is 12.3. The minimum Gasteiger partial charge on any atom is -0.559 e. The lowest BCUT2D eigenvalue weighted by atomic mass is 9.95. The molecule has 133 valence electrons. The van der Waals surface area contributed by atoms with E-state index in [0.29, 0.717) is 12.1 Å². The second-order valence-corrected chi connectivity index (χ2v) is 12.9. The Labute approximate surface area is 148 Å². The molecule has 0 aromatic carbocycles. The van der Waals surface area contributed by atoms with Crippen LogP contribution in [0.2, 0.25) is 19.6 Å². The molecule has 6 nitrogen and oxygen atoms in total. The van der Waals surface area contributed by atoms with E-state index in [1.54, 1.807) is 0 Å². The van der Waals surface area contributed by atoms with Gasteiger partial charge in [-0.3, -0.25) is 4.79 Å². The number of amides is 1. The Bertz CT molecular complexity index is 664. The summed E-state index contributed by atoms with van der Waals surface area (Å²) in [5.74, 6) is 0.704. The van der Waals surface area contributed by atoms with Gasteiger partial charge in [0, 0.05) is 18.7 Å². The summed E-state index contributed by atoms with van der Waals surface area (Å²) >= 11 is 1.51. The normalized spacial score (nSPS) is 24.0. The van der Waals surface area contributed by atoms with Gasteiger partial charge in [-0.2, -0.15) is 0 Å². The van der Waals surface area contributed by atoms with Gasteiger partial charge in [0.1, 0.15) is 11.4 Å². The van der Waals surface area contributed by atoms with Crippen molar-refractivity contribution in [3.05, 3.63) is 11.3 Å². The average molecular weight is 367 g/mol. The van der Waals surface area contributed by atoms with Crippen LogP contribution in [0.5, 0.6) is 0 Å². The SMILES string of the molecule is CSc1nc2c(c(N3CCCC(C)(O[Si-](C)(C)C)C3)n1)C(=O)NC2. The van der Waals surface area contributed by atoms with Crippen LogP contribution in [-0.2, 0) is 11.0 Å².